The molecule has 0 spiro atoms. The maximum atomic E-state index is 14.7. The van der Waals surface area contributed by atoms with Crippen LogP contribution in [0.25, 0.3) is 0 Å². The molecule has 2 N–H and O–H groups in total. The van der Waals surface area contributed by atoms with E-state index in [9.17, 15) is 9.18 Å². The van der Waals surface area contributed by atoms with E-state index in [1.807, 2.05) is 55.4 Å². The molecule has 1 unspecified atom stereocenters. The molecule has 0 saturated heterocycles. The minimum atomic E-state index is -0.469. The molecule has 0 aromatic heterocycles. The molecular formula is C19H22FN3O. The first-order valence-electron chi connectivity index (χ1n) is 8.11. The van der Waals surface area contributed by atoms with Gasteiger partial charge in [0.25, 0.3) is 0 Å². The van der Waals surface area contributed by atoms with Crippen molar-refractivity contribution < 1.29 is 9.18 Å². The molecule has 4 nitrogen and oxygen atoms in total. The summed E-state index contributed by atoms with van der Waals surface area (Å²) in [6.07, 6.45) is 0.640. The van der Waals surface area contributed by atoms with E-state index in [1.165, 1.54) is 0 Å². The van der Waals surface area contributed by atoms with Gasteiger partial charge in [0.1, 0.15) is 11.9 Å². The van der Waals surface area contributed by atoms with E-state index in [-0.39, 0.29) is 17.4 Å². The van der Waals surface area contributed by atoms with Crippen molar-refractivity contribution in [3.8, 4) is 0 Å². The highest BCUT2D eigenvalue weighted by Gasteiger charge is 2.25. The third kappa shape index (κ3) is 3.32. The van der Waals surface area contributed by atoms with E-state index in [4.69, 9.17) is 0 Å². The van der Waals surface area contributed by atoms with Crippen LogP contribution in [0, 0.1) is 5.82 Å². The van der Waals surface area contributed by atoms with Crippen molar-refractivity contribution in [2.45, 2.75) is 19.0 Å². The molecule has 24 heavy (non-hydrogen) atoms. The number of halogens is 1. The van der Waals surface area contributed by atoms with Crippen molar-refractivity contribution in [3.63, 3.8) is 0 Å². The number of amides is 1. The van der Waals surface area contributed by atoms with Crippen LogP contribution in [0.3, 0.4) is 0 Å². The van der Waals surface area contributed by atoms with E-state index in [0.717, 1.165) is 17.7 Å². The molecule has 0 saturated carbocycles. The minimum Gasteiger partial charge on any atom is -0.322 e. The first kappa shape index (κ1) is 16.6. The summed E-state index contributed by atoms with van der Waals surface area (Å²) >= 11 is 0. The molecule has 5 heteroatoms. The lowest BCUT2D eigenvalue weighted by atomic mass is 9.99. The van der Waals surface area contributed by atoms with E-state index in [0.29, 0.717) is 18.5 Å². The molecule has 1 aliphatic heterocycles. The number of hydrogen-bond donors (Lipinski definition) is 2. The quantitative estimate of drug-likeness (QED) is 0.907. The normalized spacial score (nSPS) is 15.0. The van der Waals surface area contributed by atoms with Crippen LogP contribution in [0.4, 0.5) is 10.1 Å². The number of likely N-dealkylation sites (N-methyl/N-ethyl adjacent to an activating group) is 1. The Labute approximate surface area is 141 Å². The highest BCUT2D eigenvalue weighted by Crippen LogP contribution is 2.26. The highest BCUT2D eigenvalue weighted by atomic mass is 19.1. The highest BCUT2D eigenvalue weighted by molar-refractivity contribution is 5.95. The molecule has 2 aromatic carbocycles. The van der Waals surface area contributed by atoms with Crippen molar-refractivity contribution in [1.29, 1.82) is 0 Å². The molecule has 1 amide bonds. The van der Waals surface area contributed by atoms with Gasteiger partial charge >= 0.3 is 0 Å². The average molecular weight is 327 g/mol. The number of benzene rings is 2. The number of fused-ring (bicyclic) bond motifs is 1. The van der Waals surface area contributed by atoms with Gasteiger partial charge in [-0.05, 0) is 49.8 Å². The lowest BCUT2D eigenvalue weighted by Gasteiger charge is -2.25. The van der Waals surface area contributed by atoms with Crippen LogP contribution in [-0.4, -0.2) is 31.4 Å². The summed E-state index contributed by atoms with van der Waals surface area (Å²) in [7, 11) is 3.68. The maximum absolute atomic E-state index is 14.7. The van der Waals surface area contributed by atoms with Crippen molar-refractivity contribution in [2.75, 3.05) is 26.0 Å². The molecule has 1 atom stereocenters. The zero-order valence-electron chi connectivity index (χ0n) is 14.0. The fraction of sp³-hybridized carbons (Fsp3) is 0.316. The maximum Gasteiger partial charge on any atom is 0.246 e. The first-order chi connectivity index (χ1) is 11.6. The van der Waals surface area contributed by atoms with Gasteiger partial charge in [0.05, 0.1) is 5.69 Å². The second-order valence-corrected chi connectivity index (χ2v) is 6.26. The summed E-state index contributed by atoms with van der Waals surface area (Å²) in [5.41, 5.74) is 2.79. The van der Waals surface area contributed by atoms with Gasteiger partial charge in [-0.3, -0.25) is 9.69 Å². The molecule has 0 radical (unpaired) electrons. The van der Waals surface area contributed by atoms with E-state index < -0.39 is 6.04 Å². The van der Waals surface area contributed by atoms with E-state index in [1.54, 1.807) is 6.07 Å². The number of nitrogens with one attached hydrogen (secondary N) is 2. The third-order valence-corrected chi connectivity index (χ3v) is 4.35. The summed E-state index contributed by atoms with van der Waals surface area (Å²) in [5.74, 6) is -0.549. The Balaban J connectivity index is 1.86. The summed E-state index contributed by atoms with van der Waals surface area (Å²) in [5, 5.41) is 5.99. The average Bonchev–Trinajstić information content (AvgIpc) is 2.58. The van der Waals surface area contributed by atoms with E-state index in [2.05, 4.69) is 10.6 Å². The lowest BCUT2D eigenvalue weighted by Crippen LogP contribution is -2.32. The molecule has 3 rings (SSSR count). The van der Waals surface area contributed by atoms with Gasteiger partial charge in [0.2, 0.25) is 5.91 Å². The molecule has 2 aromatic rings. The Hall–Kier alpha value is -2.24. The van der Waals surface area contributed by atoms with Crippen LogP contribution < -0.4 is 10.6 Å². The predicted molar refractivity (Wildman–Crippen MR) is 93.3 cm³/mol. The van der Waals surface area contributed by atoms with Crippen molar-refractivity contribution in [3.05, 3.63) is 65.0 Å². The fourth-order valence-electron chi connectivity index (χ4n) is 3.15. The SMILES string of the molecule is CN(C)C(C(=O)Nc1ccc2c(c1F)CCNC2)c1ccccc1. The Morgan fingerprint density at radius 3 is 2.67 bits per heavy atom. The fourth-order valence-corrected chi connectivity index (χ4v) is 3.15. The van der Waals surface area contributed by atoms with Gasteiger partial charge in [0, 0.05) is 6.54 Å². The number of hydrogen-bond acceptors (Lipinski definition) is 3. The van der Waals surface area contributed by atoms with Crippen molar-refractivity contribution in [2.24, 2.45) is 0 Å². The number of anilines is 1. The number of carbonyl (C=O) groups is 1. The molecule has 1 heterocycles. The van der Waals surface area contributed by atoms with Gasteiger partial charge in [0.15, 0.2) is 0 Å². The van der Waals surface area contributed by atoms with Crippen LogP contribution in [0.15, 0.2) is 42.5 Å². The van der Waals surface area contributed by atoms with Crippen molar-refractivity contribution >= 4 is 11.6 Å². The van der Waals surface area contributed by atoms with Crippen LogP contribution in [0.5, 0.6) is 0 Å². The summed E-state index contributed by atoms with van der Waals surface area (Å²) in [6, 6.07) is 12.6. The molecule has 1 aliphatic rings. The first-order valence-corrected chi connectivity index (χ1v) is 8.11. The lowest BCUT2D eigenvalue weighted by molar-refractivity contribution is -0.120. The minimum absolute atomic E-state index is 0.237. The van der Waals surface area contributed by atoms with Crippen LogP contribution in [0.2, 0.25) is 0 Å². The zero-order chi connectivity index (χ0) is 17.1. The molecule has 126 valence electrons. The molecule has 0 bridgehead atoms. The predicted octanol–water partition coefficient (Wildman–Crippen LogP) is 2.71. The van der Waals surface area contributed by atoms with Gasteiger partial charge in [-0.2, -0.15) is 0 Å². The van der Waals surface area contributed by atoms with Crippen LogP contribution >= 0.6 is 0 Å². The number of rotatable bonds is 4. The van der Waals surface area contributed by atoms with Crippen molar-refractivity contribution in [1.82, 2.24) is 10.2 Å². The number of carbonyl (C=O) groups excluding carboxylic acids is 1. The van der Waals surface area contributed by atoms with Gasteiger partial charge < -0.3 is 10.6 Å². The smallest absolute Gasteiger partial charge is 0.246 e. The van der Waals surface area contributed by atoms with E-state index >= 15 is 0 Å². The van der Waals surface area contributed by atoms with Gasteiger partial charge in [-0.15, -0.1) is 0 Å². The molecule has 0 aliphatic carbocycles. The Bertz CT molecular complexity index is 731. The van der Waals surface area contributed by atoms with Gasteiger partial charge in [-0.1, -0.05) is 36.4 Å². The van der Waals surface area contributed by atoms with Gasteiger partial charge in [-0.25, -0.2) is 4.39 Å². The zero-order valence-corrected chi connectivity index (χ0v) is 14.0. The Morgan fingerprint density at radius 2 is 1.96 bits per heavy atom. The standard InChI is InChI=1S/C19H22FN3O/c1-23(2)18(13-6-4-3-5-7-13)19(24)22-16-9-8-14-12-21-11-10-15(14)17(16)20/h3-9,18,21H,10-12H2,1-2H3,(H,22,24). The summed E-state index contributed by atoms with van der Waals surface area (Å²) in [6.45, 7) is 1.43. The summed E-state index contributed by atoms with van der Waals surface area (Å²) in [4.78, 5) is 14.6. The largest absolute Gasteiger partial charge is 0.322 e. The van der Waals surface area contributed by atoms with Crippen LogP contribution in [0.1, 0.15) is 22.7 Å². The monoisotopic (exact) mass is 327 g/mol. The second kappa shape index (κ2) is 7.11. The number of nitrogens with zero attached hydrogens (tertiary/aromatic N) is 1. The van der Waals surface area contributed by atoms with Crippen LogP contribution in [-0.2, 0) is 17.8 Å². The molecular weight excluding hydrogens is 305 g/mol. The summed E-state index contributed by atoms with van der Waals surface area (Å²) < 4.78 is 14.7. The second-order valence-electron chi connectivity index (χ2n) is 6.26. The Kier molecular flexibility index (Phi) is 4.92. The Morgan fingerprint density at radius 1 is 1.21 bits per heavy atom. The molecule has 0 fully saturated rings. The topological polar surface area (TPSA) is 44.4 Å². The third-order valence-electron chi connectivity index (χ3n) is 4.35.